The van der Waals surface area contributed by atoms with Gasteiger partial charge in [0.25, 0.3) is 0 Å². The van der Waals surface area contributed by atoms with Gasteiger partial charge in [-0.25, -0.2) is 0 Å². The largest absolute Gasteiger partial charge is 0.466 e. The van der Waals surface area contributed by atoms with Gasteiger partial charge in [0.05, 0.1) is 12.5 Å². The number of hydrogen-bond donors (Lipinski definition) is 0. The third kappa shape index (κ3) is 27.4. The van der Waals surface area contributed by atoms with Crippen molar-refractivity contribution < 1.29 is 23.9 Å². The molecule has 1 saturated carbocycles. The molecule has 1 fully saturated rings. The number of rotatable bonds is 37. The Bertz CT molecular complexity index is 996. The number of unbranched alkanes of at least 4 members (excludes halogenated alkanes) is 17. The van der Waals surface area contributed by atoms with Crippen LogP contribution >= 0.6 is 0 Å². The molecule has 1 rings (SSSR count). The van der Waals surface area contributed by atoms with Crippen LogP contribution in [0, 0.1) is 17.8 Å². The van der Waals surface area contributed by atoms with E-state index in [1.165, 1.54) is 103 Å². The van der Waals surface area contributed by atoms with Gasteiger partial charge in [0.1, 0.15) is 11.9 Å². The molecule has 0 heterocycles. The number of Topliss-reactive ketones (excluding diaryl/α,β-unsaturated/α-hetero) is 1. The van der Waals surface area contributed by atoms with E-state index in [1.54, 1.807) is 0 Å². The summed E-state index contributed by atoms with van der Waals surface area (Å²) in [6, 6.07) is 0. The molecule has 0 radical (unpaired) electrons. The van der Waals surface area contributed by atoms with Crippen molar-refractivity contribution in [3.63, 3.8) is 0 Å². The van der Waals surface area contributed by atoms with Crippen LogP contribution in [0.1, 0.15) is 227 Å². The van der Waals surface area contributed by atoms with Crippen LogP contribution in [0.3, 0.4) is 0 Å². The highest BCUT2D eigenvalue weighted by Gasteiger charge is 2.35. The van der Waals surface area contributed by atoms with E-state index in [1.807, 2.05) is 0 Å². The Balaban J connectivity index is 2.62. The first-order chi connectivity index (χ1) is 26.5. The zero-order chi connectivity index (χ0) is 39.3. The number of esters is 2. The molecule has 4 atom stereocenters. The second kappa shape index (κ2) is 36.5. The molecule has 0 bridgehead atoms. The monoisotopic (exact) mass is 755 g/mol. The lowest BCUT2D eigenvalue weighted by Crippen LogP contribution is -2.26. The summed E-state index contributed by atoms with van der Waals surface area (Å²) in [6.07, 6.45) is 46.1. The number of carbonyl (C=O) groups is 3. The summed E-state index contributed by atoms with van der Waals surface area (Å²) in [5, 5.41) is 0. The predicted molar refractivity (Wildman–Crippen MR) is 230 cm³/mol. The Labute approximate surface area is 334 Å². The fourth-order valence-corrected chi connectivity index (χ4v) is 7.78. The molecule has 5 nitrogen and oxygen atoms in total. The number of allylic oxidation sites excluding steroid dienone is 6. The molecule has 1 aliphatic carbocycles. The van der Waals surface area contributed by atoms with Crippen molar-refractivity contribution in [2.24, 2.45) is 17.8 Å². The Morgan fingerprint density at radius 1 is 0.630 bits per heavy atom. The van der Waals surface area contributed by atoms with Crippen molar-refractivity contribution in [2.45, 2.75) is 233 Å². The average molecular weight is 755 g/mol. The quantitative estimate of drug-likeness (QED) is 0.0359. The van der Waals surface area contributed by atoms with E-state index in [2.05, 4.69) is 64.2 Å². The molecule has 0 spiro atoms. The molecule has 4 unspecified atom stereocenters. The molecule has 0 aromatic heterocycles. The van der Waals surface area contributed by atoms with E-state index >= 15 is 0 Å². The molecular formula is C49H86O5. The molecule has 0 amide bonds. The number of hydrogen-bond acceptors (Lipinski definition) is 5. The van der Waals surface area contributed by atoms with Crippen LogP contribution in [0.15, 0.2) is 36.5 Å². The first kappa shape index (κ1) is 49.8. The maximum Gasteiger partial charge on any atom is 0.309 e. The van der Waals surface area contributed by atoms with Gasteiger partial charge in [-0.3, -0.25) is 14.4 Å². The van der Waals surface area contributed by atoms with Gasteiger partial charge in [-0.1, -0.05) is 167 Å². The lowest BCUT2D eigenvalue weighted by Gasteiger charge is -2.23. The molecule has 0 aliphatic heterocycles. The van der Waals surface area contributed by atoms with Gasteiger partial charge in [0.2, 0.25) is 0 Å². The fraction of sp³-hybridized carbons (Fsp3) is 0.816. The molecule has 312 valence electrons. The van der Waals surface area contributed by atoms with Gasteiger partial charge in [0, 0.05) is 25.2 Å². The van der Waals surface area contributed by atoms with Crippen LogP contribution in [0.2, 0.25) is 0 Å². The maximum absolute atomic E-state index is 13.7. The minimum atomic E-state index is -0.227. The van der Waals surface area contributed by atoms with Gasteiger partial charge in [0.15, 0.2) is 0 Å². The van der Waals surface area contributed by atoms with Crippen LogP contribution in [-0.2, 0) is 23.9 Å². The van der Waals surface area contributed by atoms with Crippen LogP contribution in [0.5, 0.6) is 0 Å². The van der Waals surface area contributed by atoms with Gasteiger partial charge in [-0.05, 0) is 83.0 Å². The van der Waals surface area contributed by atoms with Crippen molar-refractivity contribution >= 4 is 17.7 Å². The van der Waals surface area contributed by atoms with Crippen molar-refractivity contribution in [2.75, 3.05) is 6.61 Å². The number of ether oxygens (including phenoxy) is 2. The number of carbonyl (C=O) groups excluding carboxylic acids is 3. The highest BCUT2D eigenvalue weighted by molar-refractivity contribution is 5.84. The summed E-state index contributed by atoms with van der Waals surface area (Å²) >= 11 is 0. The van der Waals surface area contributed by atoms with Gasteiger partial charge in [-0.15, -0.1) is 0 Å². The third-order valence-electron chi connectivity index (χ3n) is 11.3. The van der Waals surface area contributed by atoms with E-state index in [-0.39, 0.29) is 48.2 Å². The maximum atomic E-state index is 13.7. The summed E-state index contributed by atoms with van der Waals surface area (Å²) in [4.78, 5) is 39.1. The molecular weight excluding hydrogens is 669 g/mol. The fourth-order valence-electron chi connectivity index (χ4n) is 7.78. The highest BCUT2D eigenvalue weighted by Crippen LogP contribution is 2.34. The second-order valence-corrected chi connectivity index (χ2v) is 16.2. The normalized spacial score (nSPS) is 17.3. The summed E-state index contributed by atoms with van der Waals surface area (Å²) in [5.41, 5.74) is 0. The molecule has 54 heavy (non-hydrogen) atoms. The molecule has 1 aliphatic rings. The smallest absolute Gasteiger partial charge is 0.309 e. The van der Waals surface area contributed by atoms with E-state index in [0.717, 1.165) is 77.0 Å². The lowest BCUT2D eigenvalue weighted by molar-refractivity contribution is -0.157. The minimum absolute atomic E-state index is 0.0347. The summed E-state index contributed by atoms with van der Waals surface area (Å²) in [7, 11) is 0. The van der Waals surface area contributed by atoms with Crippen molar-refractivity contribution in [1.82, 2.24) is 0 Å². The molecule has 0 aromatic carbocycles. The lowest BCUT2D eigenvalue weighted by atomic mass is 9.89. The Kier molecular flexibility index (Phi) is 33.7. The second-order valence-electron chi connectivity index (χ2n) is 16.2. The highest BCUT2D eigenvalue weighted by atomic mass is 16.6. The van der Waals surface area contributed by atoms with Crippen molar-refractivity contribution in [1.29, 1.82) is 0 Å². The molecule has 5 heteroatoms. The van der Waals surface area contributed by atoms with Crippen molar-refractivity contribution in [3.8, 4) is 0 Å². The topological polar surface area (TPSA) is 69.7 Å². The molecule has 0 N–H and O–H groups in total. The van der Waals surface area contributed by atoms with Gasteiger partial charge in [-0.2, -0.15) is 0 Å². The first-order valence-electron chi connectivity index (χ1n) is 23.3. The summed E-state index contributed by atoms with van der Waals surface area (Å²) in [5.74, 6) is -0.0297. The van der Waals surface area contributed by atoms with E-state index in [4.69, 9.17) is 9.47 Å². The minimum Gasteiger partial charge on any atom is -0.466 e. The Morgan fingerprint density at radius 3 is 1.80 bits per heavy atom. The summed E-state index contributed by atoms with van der Waals surface area (Å²) < 4.78 is 12.0. The van der Waals surface area contributed by atoms with Crippen LogP contribution in [0.4, 0.5) is 0 Å². The van der Waals surface area contributed by atoms with Gasteiger partial charge < -0.3 is 9.47 Å². The van der Waals surface area contributed by atoms with Crippen LogP contribution in [-0.4, -0.2) is 30.4 Å². The average Bonchev–Trinajstić information content (AvgIpc) is 3.51. The third-order valence-corrected chi connectivity index (χ3v) is 11.3. The first-order valence-corrected chi connectivity index (χ1v) is 23.3. The molecule has 0 aromatic rings. The van der Waals surface area contributed by atoms with E-state index in [9.17, 15) is 14.4 Å². The SMILES string of the molecule is CC/C=C\CC1C(=O)CCC1CC(=O)OCCC(CCCCCCCCC=CCC=CCCCCC)OC(=O)C(CCCCCC)CCCCCCCC. The summed E-state index contributed by atoms with van der Waals surface area (Å²) in [6.45, 7) is 9.08. The molecule has 0 saturated heterocycles. The van der Waals surface area contributed by atoms with E-state index in [0.29, 0.717) is 19.3 Å². The zero-order valence-electron chi connectivity index (χ0n) is 35.9. The van der Waals surface area contributed by atoms with E-state index < -0.39 is 0 Å². The Morgan fingerprint density at radius 2 is 1.17 bits per heavy atom. The van der Waals surface area contributed by atoms with Crippen LogP contribution < -0.4 is 0 Å². The Hall–Kier alpha value is -2.17. The predicted octanol–water partition coefficient (Wildman–Crippen LogP) is 14.7. The standard InChI is InChI=1S/C49H86O5/c1-5-9-13-16-18-19-20-21-22-23-24-25-26-27-29-33-36-45(40-41-53-48(51)42-44-38-39-47(50)46(44)37-30-12-8-4)54-49(52)43(34-31-15-11-7-3)35-32-28-17-14-10-6-2/h12,18-19,21-22,30,43-46H,5-11,13-17,20,23-29,31-42H2,1-4H3/b19-18?,22-21?,30-12-. The van der Waals surface area contributed by atoms with Crippen LogP contribution in [0.25, 0.3) is 0 Å². The van der Waals surface area contributed by atoms with Crippen molar-refractivity contribution in [3.05, 3.63) is 36.5 Å². The number of ketones is 1. The zero-order valence-corrected chi connectivity index (χ0v) is 35.9. The van der Waals surface area contributed by atoms with Gasteiger partial charge >= 0.3 is 11.9 Å².